The summed E-state index contributed by atoms with van der Waals surface area (Å²) in [6, 6.07) is 13.4. The smallest absolute Gasteiger partial charge is 0.243 e. The van der Waals surface area contributed by atoms with Crippen LogP contribution in [0.15, 0.2) is 47.4 Å². The van der Waals surface area contributed by atoms with E-state index in [9.17, 15) is 8.42 Å². The van der Waals surface area contributed by atoms with Crippen LogP contribution in [0.25, 0.3) is 0 Å². The molecule has 2 aromatic rings. The number of sulfonamides is 1. The molecule has 1 aliphatic heterocycles. The molecular weight excluding hydrogens is 286 g/mol. The van der Waals surface area contributed by atoms with Crippen molar-refractivity contribution in [3.05, 3.63) is 59.2 Å². The Hall–Kier alpha value is -2.36. The van der Waals surface area contributed by atoms with Crippen molar-refractivity contribution in [3.63, 3.8) is 0 Å². The zero-order valence-corrected chi connectivity index (χ0v) is 12.0. The molecule has 6 heteroatoms. The van der Waals surface area contributed by atoms with E-state index in [0.29, 0.717) is 24.3 Å². The van der Waals surface area contributed by atoms with E-state index in [1.807, 2.05) is 12.1 Å². The second-order valence-electron chi connectivity index (χ2n) is 4.94. The van der Waals surface area contributed by atoms with Gasteiger partial charge in [-0.2, -0.15) is 9.57 Å². The first-order valence-electron chi connectivity index (χ1n) is 6.38. The van der Waals surface area contributed by atoms with Gasteiger partial charge in [0.1, 0.15) is 0 Å². The van der Waals surface area contributed by atoms with E-state index in [-0.39, 0.29) is 4.90 Å². The Kier molecular flexibility index (Phi) is 3.16. The molecular formula is C15H13N3O2S. The highest BCUT2D eigenvalue weighted by Gasteiger charge is 2.30. The molecule has 106 valence electrons. The van der Waals surface area contributed by atoms with Crippen LogP contribution in [-0.2, 0) is 23.1 Å². The van der Waals surface area contributed by atoms with Crippen LogP contribution in [0.1, 0.15) is 16.7 Å². The lowest BCUT2D eigenvalue weighted by atomic mass is 10.1. The molecule has 0 bridgehead atoms. The Morgan fingerprint density at radius 3 is 2.62 bits per heavy atom. The number of nitriles is 1. The average molecular weight is 299 g/mol. The lowest BCUT2D eigenvalue weighted by Crippen LogP contribution is -2.25. The van der Waals surface area contributed by atoms with Gasteiger partial charge in [-0.05, 0) is 41.5 Å². The van der Waals surface area contributed by atoms with Crippen molar-refractivity contribution in [3.8, 4) is 6.07 Å². The van der Waals surface area contributed by atoms with E-state index in [1.165, 1.54) is 16.4 Å². The predicted octanol–water partition coefficient (Wildman–Crippen LogP) is 1.84. The number of rotatable bonds is 2. The van der Waals surface area contributed by atoms with Crippen LogP contribution in [-0.4, -0.2) is 12.7 Å². The minimum atomic E-state index is -3.61. The molecule has 0 saturated carbocycles. The molecule has 0 atom stereocenters. The molecule has 1 heterocycles. The van der Waals surface area contributed by atoms with E-state index in [4.69, 9.17) is 11.0 Å². The standard InChI is InChI=1S/C15H13N3O2S/c16-8-11-2-1-3-15(6-11)21(19,20)18-9-12-4-5-14(17)7-13(12)10-18/h1-7H,9-10,17H2. The van der Waals surface area contributed by atoms with Crippen LogP contribution in [0.2, 0.25) is 0 Å². The third-order valence-corrected chi connectivity index (χ3v) is 5.31. The monoisotopic (exact) mass is 299 g/mol. The summed E-state index contributed by atoms with van der Waals surface area (Å²) in [5.74, 6) is 0. The highest BCUT2D eigenvalue weighted by molar-refractivity contribution is 7.89. The van der Waals surface area contributed by atoms with Crippen molar-refractivity contribution >= 4 is 15.7 Å². The number of nitrogens with zero attached hydrogens (tertiary/aromatic N) is 2. The molecule has 0 saturated heterocycles. The Labute approximate surface area is 123 Å². The van der Waals surface area contributed by atoms with Crippen molar-refractivity contribution in [2.45, 2.75) is 18.0 Å². The molecule has 0 spiro atoms. The van der Waals surface area contributed by atoms with E-state index < -0.39 is 10.0 Å². The number of benzene rings is 2. The number of hydrogen-bond acceptors (Lipinski definition) is 4. The number of fused-ring (bicyclic) bond motifs is 1. The van der Waals surface area contributed by atoms with Gasteiger partial charge in [0.05, 0.1) is 16.5 Å². The highest BCUT2D eigenvalue weighted by Crippen LogP contribution is 2.29. The van der Waals surface area contributed by atoms with Gasteiger partial charge in [0.2, 0.25) is 10.0 Å². The number of hydrogen-bond donors (Lipinski definition) is 1. The van der Waals surface area contributed by atoms with Gasteiger partial charge < -0.3 is 5.73 Å². The fourth-order valence-corrected chi connectivity index (χ4v) is 3.87. The molecule has 21 heavy (non-hydrogen) atoms. The Bertz CT molecular complexity index is 853. The molecule has 0 radical (unpaired) electrons. The third-order valence-electron chi connectivity index (χ3n) is 3.52. The lowest BCUT2D eigenvalue weighted by Gasteiger charge is -2.15. The van der Waals surface area contributed by atoms with Crippen LogP contribution in [0.3, 0.4) is 0 Å². The molecule has 0 aliphatic carbocycles. The van der Waals surface area contributed by atoms with E-state index in [0.717, 1.165) is 11.1 Å². The van der Waals surface area contributed by atoms with Gasteiger partial charge in [0, 0.05) is 18.8 Å². The van der Waals surface area contributed by atoms with Gasteiger partial charge in [-0.1, -0.05) is 12.1 Å². The molecule has 0 fully saturated rings. The summed E-state index contributed by atoms with van der Waals surface area (Å²) in [5.41, 5.74) is 8.57. The minimum absolute atomic E-state index is 0.141. The summed E-state index contributed by atoms with van der Waals surface area (Å²) in [4.78, 5) is 0.141. The van der Waals surface area contributed by atoms with Crippen LogP contribution in [0.4, 0.5) is 5.69 Å². The van der Waals surface area contributed by atoms with Gasteiger partial charge >= 0.3 is 0 Å². The minimum Gasteiger partial charge on any atom is -0.399 e. The lowest BCUT2D eigenvalue weighted by molar-refractivity contribution is 0.431. The fraction of sp³-hybridized carbons (Fsp3) is 0.133. The van der Waals surface area contributed by atoms with E-state index >= 15 is 0 Å². The molecule has 2 N–H and O–H groups in total. The van der Waals surface area contributed by atoms with Gasteiger partial charge in [-0.3, -0.25) is 0 Å². The maximum Gasteiger partial charge on any atom is 0.243 e. The van der Waals surface area contributed by atoms with Crippen molar-refractivity contribution < 1.29 is 8.42 Å². The van der Waals surface area contributed by atoms with Crippen LogP contribution in [0.5, 0.6) is 0 Å². The Morgan fingerprint density at radius 1 is 1.10 bits per heavy atom. The van der Waals surface area contributed by atoms with Gasteiger partial charge in [-0.25, -0.2) is 8.42 Å². The topological polar surface area (TPSA) is 87.2 Å². The molecule has 5 nitrogen and oxygen atoms in total. The first-order chi connectivity index (χ1) is 10.0. The molecule has 0 unspecified atom stereocenters. The van der Waals surface area contributed by atoms with Crippen LogP contribution >= 0.6 is 0 Å². The normalized spacial score (nSPS) is 14.6. The summed E-state index contributed by atoms with van der Waals surface area (Å²) in [6.07, 6.45) is 0. The molecule has 0 amide bonds. The summed E-state index contributed by atoms with van der Waals surface area (Å²) in [7, 11) is -3.61. The predicted molar refractivity (Wildman–Crippen MR) is 78.4 cm³/mol. The second kappa shape index (κ2) is 4.88. The maximum absolute atomic E-state index is 12.6. The molecule has 3 rings (SSSR count). The average Bonchev–Trinajstić information content (AvgIpc) is 2.91. The molecule has 0 aromatic heterocycles. The maximum atomic E-state index is 12.6. The highest BCUT2D eigenvalue weighted by atomic mass is 32.2. The SMILES string of the molecule is N#Cc1cccc(S(=O)(=O)N2Cc3ccc(N)cc3C2)c1. The second-order valence-corrected chi connectivity index (χ2v) is 6.88. The fourth-order valence-electron chi connectivity index (χ4n) is 2.43. The van der Waals surface area contributed by atoms with Crippen molar-refractivity contribution in [1.82, 2.24) is 4.31 Å². The largest absolute Gasteiger partial charge is 0.399 e. The Balaban J connectivity index is 1.96. The van der Waals surface area contributed by atoms with Gasteiger partial charge in [-0.15, -0.1) is 0 Å². The zero-order valence-electron chi connectivity index (χ0n) is 11.2. The number of nitrogens with two attached hydrogens (primary N) is 1. The number of nitrogen functional groups attached to an aromatic ring is 1. The van der Waals surface area contributed by atoms with Crippen LogP contribution in [0, 0.1) is 11.3 Å². The van der Waals surface area contributed by atoms with Crippen molar-refractivity contribution in [2.75, 3.05) is 5.73 Å². The van der Waals surface area contributed by atoms with Crippen LogP contribution < -0.4 is 5.73 Å². The Morgan fingerprint density at radius 2 is 1.86 bits per heavy atom. The van der Waals surface area contributed by atoms with Crippen molar-refractivity contribution in [2.24, 2.45) is 0 Å². The first-order valence-corrected chi connectivity index (χ1v) is 7.82. The number of anilines is 1. The third kappa shape index (κ3) is 2.37. The summed E-state index contributed by atoms with van der Waals surface area (Å²) in [6.45, 7) is 0.633. The van der Waals surface area contributed by atoms with E-state index in [2.05, 4.69) is 0 Å². The summed E-state index contributed by atoms with van der Waals surface area (Å²) in [5, 5.41) is 8.89. The van der Waals surface area contributed by atoms with Gasteiger partial charge in [0.15, 0.2) is 0 Å². The summed E-state index contributed by atoms with van der Waals surface area (Å²) >= 11 is 0. The van der Waals surface area contributed by atoms with Gasteiger partial charge in [0.25, 0.3) is 0 Å². The summed E-state index contributed by atoms with van der Waals surface area (Å²) < 4.78 is 26.7. The van der Waals surface area contributed by atoms with Crippen molar-refractivity contribution in [1.29, 1.82) is 5.26 Å². The zero-order chi connectivity index (χ0) is 15.0. The van der Waals surface area contributed by atoms with E-state index in [1.54, 1.807) is 24.3 Å². The quantitative estimate of drug-likeness (QED) is 0.857. The first kappa shape index (κ1) is 13.6. The molecule has 1 aliphatic rings. The molecule has 2 aromatic carbocycles.